The van der Waals surface area contributed by atoms with E-state index in [1.807, 2.05) is 0 Å². The number of aromatic amines is 1. The maximum absolute atomic E-state index is 12.3. The summed E-state index contributed by atoms with van der Waals surface area (Å²) in [6.07, 6.45) is 0.548. The van der Waals surface area contributed by atoms with Gasteiger partial charge < -0.3 is 14.6 Å². The Morgan fingerprint density at radius 2 is 2.04 bits per heavy atom. The number of fused-ring (bicyclic) bond motifs is 1. The van der Waals surface area contributed by atoms with Gasteiger partial charge in [-0.15, -0.1) is 5.75 Å². The quantitative estimate of drug-likeness (QED) is 0.399. The van der Waals surface area contributed by atoms with Crippen molar-refractivity contribution >= 4 is 29.0 Å². The molecule has 2 N–H and O–H groups in total. The van der Waals surface area contributed by atoms with Crippen molar-refractivity contribution < 1.29 is 82.4 Å². The summed E-state index contributed by atoms with van der Waals surface area (Å²) in [4.78, 5) is 41.5. The van der Waals surface area contributed by atoms with E-state index in [4.69, 9.17) is 0 Å². The molecule has 11 nitrogen and oxygen atoms in total. The van der Waals surface area contributed by atoms with E-state index < -0.39 is 23.4 Å². The average Bonchev–Trinajstić information content (AvgIpc) is 3.05. The molecule has 0 aliphatic carbocycles. The van der Waals surface area contributed by atoms with Gasteiger partial charge in [0.2, 0.25) is 5.95 Å². The Labute approximate surface area is 206 Å². The van der Waals surface area contributed by atoms with Crippen LogP contribution in [0.25, 0.3) is 11.0 Å². The van der Waals surface area contributed by atoms with Crippen LogP contribution in [0, 0.1) is 0 Å². The molecule has 2 heterocycles. The van der Waals surface area contributed by atoms with Crippen molar-refractivity contribution in [3.63, 3.8) is 0 Å². The number of hydrogen-bond acceptors (Lipinski definition) is 8. The third-order valence-electron chi connectivity index (χ3n) is 3.71. The van der Waals surface area contributed by atoms with Crippen LogP contribution in [0.5, 0.6) is 5.75 Å². The third kappa shape index (κ3) is 4.66. The predicted molar refractivity (Wildman–Crippen MR) is 90.5 cm³/mol. The van der Waals surface area contributed by atoms with Crippen LogP contribution in [0.4, 0.5) is 10.7 Å². The number of esters is 1. The molecule has 0 unspecified atom stereocenters. The molecule has 0 saturated carbocycles. The van der Waals surface area contributed by atoms with Gasteiger partial charge in [-0.25, -0.2) is 14.6 Å². The number of hydrogen-bond donors (Lipinski definition) is 2. The molecule has 28 heavy (non-hydrogen) atoms. The number of carbonyl (C=O) groups excluding carboxylic acids is 2. The van der Waals surface area contributed by atoms with Crippen molar-refractivity contribution in [1.82, 2.24) is 19.7 Å². The second kappa shape index (κ2) is 9.41. The molecule has 0 fully saturated rings. The van der Waals surface area contributed by atoms with E-state index in [9.17, 15) is 19.5 Å². The van der Waals surface area contributed by atoms with Gasteiger partial charge in [0.05, 0.1) is 32.5 Å². The fourth-order valence-electron chi connectivity index (χ4n) is 2.42. The standard InChI is InChI=1S/C16H15N5O6.Rb/c1-26-14(24)8-3-4-9(11(22)5-8)7-21-12-10(6-17-21)18-15(19-13(12)23)20-16(25)27-2;/h3-6,22H,7H2,1-2H3,(H2,18,19,20,23,25);/q;+1/p-1. The van der Waals surface area contributed by atoms with E-state index in [0.717, 1.165) is 6.07 Å². The second-order valence-corrected chi connectivity index (χ2v) is 5.38. The fourth-order valence-corrected chi connectivity index (χ4v) is 2.42. The summed E-state index contributed by atoms with van der Waals surface area (Å²) in [6, 6.07) is 4.08. The van der Waals surface area contributed by atoms with E-state index >= 15 is 0 Å². The first kappa shape index (κ1) is 22.2. The minimum atomic E-state index is -0.786. The zero-order valence-electron chi connectivity index (χ0n) is 15.3. The molecule has 0 saturated heterocycles. The van der Waals surface area contributed by atoms with E-state index in [1.54, 1.807) is 0 Å². The van der Waals surface area contributed by atoms with Gasteiger partial charge in [-0.1, -0.05) is 12.1 Å². The van der Waals surface area contributed by atoms with Gasteiger partial charge in [0.1, 0.15) is 5.52 Å². The van der Waals surface area contributed by atoms with Crippen LogP contribution < -0.4 is 74.2 Å². The maximum atomic E-state index is 12.3. The minimum Gasteiger partial charge on any atom is -0.872 e. The average molecular weight is 458 g/mol. The van der Waals surface area contributed by atoms with Crippen molar-refractivity contribution in [2.75, 3.05) is 19.5 Å². The summed E-state index contributed by atoms with van der Waals surface area (Å²) in [5.74, 6) is -1.10. The molecule has 3 aromatic rings. The fraction of sp³-hybridized carbons (Fsp3) is 0.188. The molecule has 0 bridgehead atoms. The zero-order valence-corrected chi connectivity index (χ0v) is 20.2. The number of aromatic nitrogens is 4. The SMILES string of the molecule is COC(=O)Nc1nc2cnn(Cc3ccc(C(=O)OC)cc3[O-])c2c(=O)[nH]1.[Rb+]. The molecule has 0 spiro atoms. The summed E-state index contributed by atoms with van der Waals surface area (Å²) in [6.45, 7) is -0.00166. The summed E-state index contributed by atoms with van der Waals surface area (Å²) in [5.41, 5.74) is 0.256. The minimum absolute atomic E-state index is 0. The number of anilines is 1. The Bertz CT molecular complexity index is 1090. The largest absolute Gasteiger partial charge is 1.00 e. The molecule has 3 rings (SSSR count). The second-order valence-electron chi connectivity index (χ2n) is 5.38. The van der Waals surface area contributed by atoms with E-state index in [1.165, 1.54) is 37.2 Å². The summed E-state index contributed by atoms with van der Waals surface area (Å²) >= 11 is 0. The summed E-state index contributed by atoms with van der Waals surface area (Å²) in [7, 11) is 2.40. The maximum Gasteiger partial charge on any atom is 1.00 e. The van der Waals surface area contributed by atoms with Gasteiger partial charge >= 0.3 is 70.3 Å². The number of nitrogens with zero attached hydrogens (tertiary/aromatic N) is 3. The number of benzene rings is 1. The molecule has 1 aromatic carbocycles. The molecule has 140 valence electrons. The number of rotatable bonds is 4. The molecule has 0 aliphatic heterocycles. The Morgan fingerprint density at radius 1 is 1.29 bits per heavy atom. The summed E-state index contributed by atoms with van der Waals surface area (Å²) < 4.78 is 10.3. The third-order valence-corrected chi connectivity index (χ3v) is 3.71. The van der Waals surface area contributed by atoms with E-state index in [0.29, 0.717) is 5.56 Å². The molecule has 1 amide bonds. The number of ether oxygens (including phenoxy) is 2. The van der Waals surface area contributed by atoms with Gasteiger partial charge in [0, 0.05) is 0 Å². The zero-order chi connectivity index (χ0) is 19.6. The molecule has 2 aromatic heterocycles. The van der Waals surface area contributed by atoms with Crippen LogP contribution >= 0.6 is 0 Å². The van der Waals surface area contributed by atoms with Gasteiger partial charge in [0.25, 0.3) is 5.56 Å². The van der Waals surface area contributed by atoms with Crippen molar-refractivity contribution in [3.05, 3.63) is 45.9 Å². The first-order valence-corrected chi connectivity index (χ1v) is 7.62. The van der Waals surface area contributed by atoms with Crippen LogP contribution in [0.1, 0.15) is 15.9 Å². The first-order valence-electron chi connectivity index (χ1n) is 7.62. The van der Waals surface area contributed by atoms with Crippen molar-refractivity contribution in [1.29, 1.82) is 0 Å². The van der Waals surface area contributed by atoms with Crippen LogP contribution in [0.15, 0.2) is 29.2 Å². The van der Waals surface area contributed by atoms with Crippen molar-refractivity contribution in [3.8, 4) is 5.75 Å². The van der Waals surface area contributed by atoms with Gasteiger partial charge in [-0.3, -0.25) is 19.8 Å². The number of methoxy groups -OCH3 is 2. The van der Waals surface area contributed by atoms with Crippen LogP contribution in [-0.4, -0.2) is 46.0 Å². The predicted octanol–water partition coefficient (Wildman–Crippen LogP) is -2.79. The molecular weight excluding hydrogens is 444 g/mol. The van der Waals surface area contributed by atoms with Gasteiger partial charge in [0.15, 0.2) is 5.52 Å². The molecule has 0 aliphatic rings. The van der Waals surface area contributed by atoms with Crippen molar-refractivity contribution in [2.24, 2.45) is 0 Å². The first-order chi connectivity index (χ1) is 12.9. The molecular formula is C16H14N5O6Rb. The number of nitrogens with one attached hydrogen (secondary N) is 2. The molecule has 0 radical (unpaired) electrons. The number of amides is 1. The van der Waals surface area contributed by atoms with Crippen molar-refractivity contribution in [2.45, 2.75) is 6.54 Å². The number of H-pyrrole nitrogens is 1. The van der Waals surface area contributed by atoms with Crippen LogP contribution in [0.2, 0.25) is 0 Å². The van der Waals surface area contributed by atoms with E-state index in [2.05, 4.69) is 29.9 Å². The monoisotopic (exact) mass is 457 g/mol. The van der Waals surface area contributed by atoms with E-state index in [-0.39, 0.29) is 87.3 Å². The molecule has 0 atom stereocenters. The number of carbonyl (C=O) groups is 2. The topological polar surface area (TPSA) is 151 Å². The summed E-state index contributed by atoms with van der Waals surface area (Å²) in [5, 5.41) is 18.5. The van der Waals surface area contributed by atoms with Gasteiger partial charge in [-0.05, 0) is 11.6 Å². The van der Waals surface area contributed by atoms with Gasteiger partial charge in [-0.2, -0.15) is 5.10 Å². The Balaban J connectivity index is 0.00000280. The Hall–Kier alpha value is -2.08. The Kier molecular flexibility index (Phi) is 7.46. The smallest absolute Gasteiger partial charge is 0.872 e. The van der Waals surface area contributed by atoms with Crippen LogP contribution in [-0.2, 0) is 16.0 Å². The molecule has 12 heteroatoms. The van der Waals surface area contributed by atoms with Crippen LogP contribution in [0.3, 0.4) is 0 Å². The normalized spacial score (nSPS) is 10.2. The Morgan fingerprint density at radius 3 is 2.68 bits per heavy atom.